The predicted octanol–water partition coefficient (Wildman–Crippen LogP) is 7.72. The first-order chi connectivity index (χ1) is 18.4. The van der Waals surface area contributed by atoms with Crippen LogP contribution in [0.4, 0.5) is 5.69 Å². The summed E-state index contributed by atoms with van der Waals surface area (Å²) >= 11 is 13.0. The van der Waals surface area contributed by atoms with Crippen LogP contribution in [0.2, 0.25) is 10.0 Å². The van der Waals surface area contributed by atoms with Crippen molar-refractivity contribution in [3.8, 4) is 11.3 Å². The average Bonchev–Trinajstić information content (AvgIpc) is 3.58. The predicted molar refractivity (Wildman–Crippen MR) is 146 cm³/mol. The number of benzene rings is 2. The van der Waals surface area contributed by atoms with Crippen LogP contribution >= 0.6 is 23.2 Å². The number of halogens is 2. The number of piperidine rings is 1. The van der Waals surface area contributed by atoms with Crippen molar-refractivity contribution in [3.05, 3.63) is 69.4 Å². The Balaban J connectivity index is 1.04. The van der Waals surface area contributed by atoms with Gasteiger partial charge in [0.25, 0.3) is 0 Å². The number of hydrogen-bond acceptors (Lipinski definition) is 5. The van der Waals surface area contributed by atoms with E-state index < -0.39 is 5.97 Å². The third-order valence-electron chi connectivity index (χ3n) is 9.10. The van der Waals surface area contributed by atoms with Crippen LogP contribution in [0.25, 0.3) is 11.3 Å². The van der Waals surface area contributed by atoms with Gasteiger partial charge in [0.05, 0.1) is 28.3 Å². The number of nitrogens with zero attached hydrogens (tertiary/aromatic N) is 2. The standard InChI is InChI=1S/C30H30Cl2N2O4/c31-24-5-2-6-25(32)26(24)27-23(28(38-33-27)17-7-8-17)16-37-22-14-30(15-22)12-20-9-10-21(13-30)34(20)19-4-1-3-18(11-19)29(35)36/h1-6,11,17,20-22H,7-10,12-16H2,(H,35,36). The molecule has 4 fully saturated rings. The number of carboxylic acids is 1. The van der Waals surface area contributed by atoms with E-state index in [1.165, 1.54) is 12.8 Å². The maximum atomic E-state index is 11.5. The number of anilines is 1. The van der Waals surface area contributed by atoms with Crippen molar-refractivity contribution in [2.75, 3.05) is 4.90 Å². The molecule has 1 aromatic heterocycles. The molecule has 0 radical (unpaired) electrons. The van der Waals surface area contributed by atoms with Gasteiger partial charge in [-0.05, 0) is 87.1 Å². The molecule has 6 nitrogen and oxygen atoms in total. The van der Waals surface area contributed by atoms with Crippen LogP contribution in [0.3, 0.4) is 0 Å². The van der Waals surface area contributed by atoms with Gasteiger partial charge in [0.1, 0.15) is 11.5 Å². The topological polar surface area (TPSA) is 75.8 Å². The zero-order chi connectivity index (χ0) is 26.0. The molecule has 2 saturated heterocycles. The smallest absolute Gasteiger partial charge is 0.335 e. The number of carbonyl (C=O) groups is 1. The van der Waals surface area contributed by atoms with Crippen molar-refractivity contribution >= 4 is 34.9 Å². The van der Waals surface area contributed by atoms with Crippen LogP contribution in [-0.4, -0.2) is 34.4 Å². The van der Waals surface area contributed by atoms with E-state index in [2.05, 4.69) is 16.1 Å². The summed E-state index contributed by atoms with van der Waals surface area (Å²) < 4.78 is 12.3. The molecule has 38 heavy (non-hydrogen) atoms. The summed E-state index contributed by atoms with van der Waals surface area (Å²) in [6.45, 7) is 0.452. The van der Waals surface area contributed by atoms with Gasteiger partial charge < -0.3 is 19.3 Å². The van der Waals surface area contributed by atoms with Gasteiger partial charge >= 0.3 is 5.97 Å². The second kappa shape index (κ2) is 9.29. The minimum absolute atomic E-state index is 0.216. The molecule has 2 atom stereocenters. The van der Waals surface area contributed by atoms with E-state index in [0.717, 1.165) is 55.5 Å². The van der Waals surface area contributed by atoms with Crippen molar-refractivity contribution in [1.29, 1.82) is 0 Å². The van der Waals surface area contributed by atoms with E-state index in [-0.39, 0.29) is 6.10 Å². The van der Waals surface area contributed by atoms with Crippen molar-refractivity contribution in [3.63, 3.8) is 0 Å². The normalized spacial score (nSPS) is 28.1. The maximum Gasteiger partial charge on any atom is 0.335 e. The Morgan fingerprint density at radius 2 is 1.71 bits per heavy atom. The van der Waals surface area contributed by atoms with E-state index in [1.54, 1.807) is 6.07 Å². The molecule has 2 aromatic carbocycles. The van der Waals surface area contributed by atoms with Crippen molar-refractivity contribution in [2.45, 2.75) is 82.1 Å². The molecule has 1 spiro atoms. The first kappa shape index (κ1) is 24.5. The molecular weight excluding hydrogens is 523 g/mol. The van der Waals surface area contributed by atoms with Crippen LogP contribution in [0.1, 0.15) is 79.0 Å². The molecular formula is C30H30Cl2N2O4. The first-order valence-electron chi connectivity index (χ1n) is 13.6. The highest BCUT2D eigenvalue weighted by Gasteiger charge is 2.54. The molecule has 8 heteroatoms. The lowest BCUT2D eigenvalue weighted by Crippen LogP contribution is -2.54. The summed E-state index contributed by atoms with van der Waals surface area (Å²) in [7, 11) is 0. The van der Waals surface area contributed by atoms with Crippen LogP contribution in [0.15, 0.2) is 47.0 Å². The number of carboxylic acid groups (broad SMARTS) is 1. The second-order valence-electron chi connectivity index (χ2n) is 11.6. The summed E-state index contributed by atoms with van der Waals surface area (Å²) in [5, 5.41) is 15.0. The van der Waals surface area contributed by atoms with Crippen LogP contribution in [0.5, 0.6) is 0 Å². The van der Waals surface area contributed by atoms with Crippen molar-refractivity contribution in [1.82, 2.24) is 5.16 Å². The molecule has 0 amide bonds. The number of fused-ring (bicyclic) bond motifs is 2. The van der Waals surface area contributed by atoms with Crippen molar-refractivity contribution in [2.24, 2.45) is 5.41 Å². The molecule has 2 saturated carbocycles. The summed E-state index contributed by atoms with van der Waals surface area (Å²) in [4.78, 5) is 14.0. The van der Waals surface area contributed by atoms with Crippen LogP contribution in [-0.2, 0) is 11.3 Å². The Kier molecular flexibility index (Phi) is 5.99. The third-order valence-corrected chi connectivity index (χ3v) is 9.73. The largest absolute Gasteiger partial charge is 0.478 e. The first-order valence-corrected chi connectivity index (χ1v) is 14.3. The summed E-state index contributed by atoms with van der Waals surface area (Å²) in [5.74, 6) is 0.452. The number of aromatic carboxylic acids is 1. The Morgan fingerprint density at radius 1 is 1.03 bits per heavy atom. The number of aromatic nitrogens is 1. The highest BCUT2D eigenvalue weighted by atomic mass is 35.5. The van der Waals surface area contributed by atoms with Gasteiger partial charge in [-0.15, -0.1) is 0 Å². The molecule has 3 aromatic rings. The number of ether oxygens (including phenoxy) is 1. The quantitative estimate of drug-likeness (QED) is 0.323. The summed E-state index contributed by atoms with van der Waals surface area (Å²) in [5.41, 5.74) is 4.12. The zero-order valence-corrected chi connectivity index (χ0v) is 22.5. The lowest BCUT2D eigenvalue weighted by molar-refractivity contribution is -0.103. The van der Waals surface area contributed by atoms with Crippen LogP contribution in [0, 0.1) is 5.41 Å². The molecule has 198 valence electrons. The lowest BCUT2D eigenvalue weighted by atomic mass is 9.59. The Bertz CT molecular complexity index is 1360. The minimum atomic E-state index is -0.871. The molecule has 7 rings (SSSR count). The zero-order valence-electron chi connectivity index (χ0n) is 21.0. The molecule has 1 N–H and O–H groups in total. The number of hydrogen-bond donors (Lipinski definition) is 1. The van der Waals surface area contributed by atoms with Crippen molar-refractivity contribution < 1.29 is 19.2 Å². The monoisotopic (exact) mass is 552 g/mol. The summed E-state index contributed by atoms with van der Waals surface area (Å²) in [6, 6.07) is 13.8. The second-order valence-corrected chi connectivity index (χ2v) is 12.5. The molecule has 2 aliphatic carbocycles. The van der Waals surface area contributed by atoms with E-state index >= 15 is 0 Å². The van der Waals surface area contributed by atoms with Gasteiger partial charge in [-0.3, -0.25) is 0 Å². The summed E-state index contributed by atoms with van der Waals surface area (Å²) in [6.07, 6.45) is 9.19. The van der Waals surface area contributed by atoms with Gasteiger partial charge in [-0.25, -0.2) is 4.79 Å². The fraction of sp³-hybridized carbons (Fsp3) is 0.467. The number of rotatable bonds is 7. The van der Waals surface area contributed by atoms with Gasteiger partial charge in [0.2, 0.25) is 0 Å². The highest BCUT2D eigenvalue weighted by Crippen LogP contribution is 2.58. The van der Waals surface area contributed by atoms with E-state index in [9.17, 15) is 9.90 Å². The fourth-order valence-electron chi connectivity index (χ4n) is 7.27. The maximum absolute atomic E-state index is 11.5. The van der Waals surface area contributed by atoms with Crippen LogP contribution < -0.4 is 4.90 Å². The third kappa shape index (κ3) is 4.21. The molecule has 4 aliphatic rings. The van der Waals surface area contributed by atoms with Gasteiger partial charge in [0, 0.05) is 34.8 Å². The van der Waals surface area contributed by atoms with Gasteiger partial charge in [0.15, 0.2) is 0 Å². The highest BCUT2D eigenvalue weighted by molar-refractivity contribution is 6.39. The SMILES string of the molecule is O=C(O)c1cccc(N2C3CCC2CC2(CC(OCc4c(-c5c(Cl)cccc5Cl)noc4C4CC4)C2)C3)c1. The minimum Gasteiger partial charge on any atom is -0.478 e. The fourth-order valence-corrected chi connectivity index (χ4v) is 7.85. The van der Waals surface area contributed by atoms with E-state index in [0.29, 0.717) is 56.9 Å². The molecule has 2 bridgehead atoms. The molecule has 3 heterocycles. The average molecular weight is 553 g/mol. The molecule has 2 unspecified atom stereocenters. The van der Waals surface area contributed by atoms with Gasteiger partial charge in [-0.2, -0.15) is 0 Å². The Labute approximate surface area is 231 Å². The van der Waals surface area contributed by atoms with E-state index in [1.807, 2.05) is 30.3 Å². The Morgan fingerprint density at radius 3 is 2.37 bits per heavy atom. The lowest BCUT2D eigenvalue weighted by Gasteiger charge is -2.55. The Hall–Kier alpha value is -2.54. The van der Waals surface area contributed by atoms with Gasteiger partial charge in [-0.1, -0.05) is 40.5 Å². The van der Waals surface area contributed by atoms with E-state index in [4.69, 9.17) is 32.5 Å². The molecule has 2 aliphatic heterocycles.